The van der Waals surface area contributed by atoms with Gasteiger partial charge in [-0.05, 0) is 13.3 Å². The number of hydrogen-bond donors (Lipinski definition) is 1. The van der Waals surface area contributed by atoms with Crippen LogP contribution in [0.5, 0.6) is 0 Å². The fraction of sp³-hybridized carbons (Fsp3) is 0.500. The van der Waals surface area contributed by atoms with Gasteiger partial charge in [-0.25, -0.2) is 0 Å². The lowest BCUT2D eigenvalue weighted by Gasteiger charge is -2.12. The van der Waals surface area contributed by atoms with Gasteiger partial charge in [0.2, 0.25) is 0 Å². The number of aromatic nitrogens is 4. The first-order chi connectivity index (χ1) is 8.67. The highest BCUT2D eigenvalue weighted by Gasteiger charge is 2.20. The van der Waals surface area contributed by atoms with Crippen molar-refractivity contribution in [3.05, 3.63) is 34.9 Å². The predicted octanol–water partition coefficient (Wildman–Crippen LogP) is 2.24. The Balaban J connectivity index is 2.32. The maximum absolute atomic E-state index is 10.4. The third kappa shape index (κ3) is 2.42. The van der Waals surface area contributed by atoms with Gasteiger partial charge < -0.3 is 5.11 Å². The van der Waals surface area contributed by atoms with Gasteiger partial charge in [-0.3, -0.25) is 9.36 Å². The molecule has 0 fully saturated rings. The Morgan fingerprint density at radius 2 is 2.11 bits per heavy atom. The molecule has 1 atom stereocenters. The van der Waals surface area contributed by atoms with Gasteiger partial charge in [-0.15, -0.1) is 0 Å². The summed E-state index contributed by atoms with van der Waals surface area (Å²) in [7, 11) is 0. The van der Waals surface area contributed by atoms with Gasteiger partial charge in [-0.1, -0.05) is 18.5 Å². The summed E-state index contributed by atoms with van der Waals surface area (Å²) in [5.41, 5.74) is 1.37. The van der Waals surface area contributed by atoms with Crippen molar-refractivity contribution in [2.75, 3.05) is 0 Å². The van der Waals surface area contributed by atoms with Crippen molar-refractivity contribution in [1.29, 1.82) is 0 Å². The molecule has 0 spiro atoms. The lowest BCUT2D eigenvalue weighted by molar-refractivity contribution is 0.207. The van der Waals surface area contributed by atoms with Crippen LogP contribution in [0, 0.1) is 0 Å². The van der Waals surface area contributed by atoms with Gasteiger partial charge in [0, 0.05) is 24.8 Å². The molecule has 0 aromatic carbocycles. The first-order valence-corrected chi connectivity index (χ1v) is 6.46. The Labute approximate surface area is 111 Å². The van der Waals surface area contributed by atoms with E-state index in [9.17, 15) is 5.11 Å². The van der Waals surface area contributed by atoms with Gasteiger partial charge in [0.05, 0.1) is 23.1 Å². The van der Waals surface area contributed by atoms with E-state index in [1.165, 1.54) is 0 Å². The summed E-state index contributed by atoms with van der Waals surface area (Å²) < 4.78 is 3.52. The van der Waals surface area contributed by atoms with Crippen molar-refractivity contribution >= 4 is 11.6 Å². The molecule has 2 rings (SSSR count). The van der Waals surface area contributed by atoms with Crippen molar-refractivity contribution < 1.29 is 5.11 Å². The first kappa shape index (κ1) is 13.1. The van der Waals surface area contributed by atoms with Crippen LogP contribution in [0.25, 0.3) is 0 Å². The van der Waals surface area contributed by atoms with Gasteiger partial charge >= 0.3 is 0 Å². The van der Waals surface area contributed by atoms with Crippen molar-refractivity contribution in [3.8, 4) is 0 Å². The number of halogens is 1. The normalized spacial score (nSPS) is 12.9. The highest BCUT2D eigenvalue weighted by molar-refractivity contribution is 6.31. The monoisotopic (exact) mass is 268 g/mol. The van der Waals surface area contributed by atoms with E-state index >= 15 is 0 Å². The smallest absolute Gasteiger partial charge is 0.125 e. The van der Waals surface area contributed by atoms with Gasteiger partial charge in [0.25, 0.3) is 0 Å². The Hall–Kier alpha value is -1.33. The van der Waals surface area contributed by atoms with Crippen LogP contribution in [0.3, 0.4) is 0 Å². The topological polar surface area (TPSA) is 55.9 Å². The third-order valence-corrected chi connectivity index (χ3v) is 3.11. The van der Waals surface area contributed by atoms with Gasteiger partial charge in [-0.2, -0.15) is 10.2 Å². The Bertz CT molecular complexity index is 520. The van der Waals surface area contributed by atoms with Crippen molar-refractivity contribution in [1.82, 2.24) is 19.6 Å². The van der Waals surface area contributed by atoms with Crippen LogP contribution in [-0.4, -0.2) is 24.7 Å². The fourth-order valence-corrected chi connectivity index (χ4v) is 2.13. The highest BCUT2D eigenvalue weighted by atomic mass is 35.5. The minimum Gasteiger partial charge on any atom is -0.382 e. The SMILES string of the molecule is CCCn1ncc(Cl)c1C(O)c1cnn(CC)c1. The standard InChI is InChI=1S/C12H17ClN4O/c1-3-5-17-11(10(13)7-15-17)12(18)9-6-14-16(4-2)8-9/h6-8,12,18H,3-5H2,1-2H3. The summed E-state index contributed by atoms with van der Waals surface area (Å²) in [6, 6.07) is 0. The van der Waals surface area contributed by atoms with Crippen molar-refractivity contribution in [2.45, 2.75) is 39.5 Å². The zero-order chi connectivity index (χ0) is 13.1. The number of aryl methyl sites for hydroxylation is 2. The van der Waals surface area contributed by atoms with Gasteiger partial charge in [0.1, 0.15) is 6.10 Å². The number of nitrogens with zero attached hydrogens (tertiary/aromatic N) is 4. The van der Waals surface area contributed by atoms with E-state index in [2.05, 4.69) is 17.1 Å². The van der Waals surface area contributed by atoms with E-state index in [0.29, 0.717) is 10.7 Å². The van der Waals surface area contributed by atoms with Crippen LogP contribution >= 0.6 is 11.6 Å². The molecule has 0 aliphatic heterocycles. The molecule has 0 saturated heterocycles. The van der Waals surface area contributed by atoms with E-state index in [4.69, 9.17) is 11.6 Å². The second-order valence-electron chi connectivity index (χ2n) is 4.13. The van der Waals surface area contributed by atoms with E-state index in [1.807, 2.05) is 13.1 Å². The molecule has 18 heavy (non-hydrogen) atoms. The molecule has 0 radical (unpaired) electrons. The summed E-state index contributed by atoms with van der Waals surface area (Å²) in [5, 5.41) is 19.2. The summed E-state index contributed by atoms with van der Waals surface area (Å²) in [4.78, 5) is 0. The Morgan fingerprint density at radius 3 is 2.72 bits per heavy atom. The van der Waals surface area contributed by atoms with E-state index in [-0.39, 0.29) is 0 Å². The van der Waals surface area contributed by atoms with Gasteiger partial charge in [0.15, 0.2) is 0 Å². The molecule has 1 unspecified atom stereocenters. The molecule has 0 bridgehead atoms. The molecule has 6 heteroatoms. The second-order valence-corrected chi connectivity index (χ2v) is 4.54. The van der Waals surface area contributed by atoms with Crippen molar-refractivity contribution in [2.24, 2.45) is 0 Å². The molecule has 0 aliphatic rings. The lowest BCUT2D eigenvalue weighted by Crippen LogP contribution is -2.10. The average Bonchev–Trinajstić information content (AvgIpc) is 2.96. The van der Waals surface area contributed by atoms with E-state index < -0.39 is 6.10 Å². The molecule has 2 aromatic heterocycles. The third-order valence-electron chi connectivity index (χ3n) is 2.82. The molecule has 2 heterocycles. The summed E-state index contributed by atoms with van der Waals surface area (Å²) >= 11 is 6.10. The van der Waals surface area contributed by atoms with Crippen LogP contribution in [0.1, 0.15) is 37.6 Å². The largest absolute Gasteiger partial charge is 0.382 e. The minimum atomic E-state index is -0.785. The molecule has 0 saturated carbocycles. The molecular formula is C12H17ClN4O. The van der Waals surface area contributed by atoms with E-state index in [1.54, 1.807) is 21.8 Å². The maximum atomic E-state index is 10.4. The molecule has 1 N–H and O–H groups in total. The zero-order valence-corrected chi connectivity index (χ0v) is 11.3. The average molecular weight is 269 g/mol. The van der Waals surface area contributed by atoms with E-state index in [0.717, 1.165) is 25.1 Å². The van der Waals surface area contributed by atoms with Crippen LogP contribution in [-0.2, 0) is 13.1 Å². The van der Waals surface area contributed by atoms with Crippen LogP contribution in [0.4, 0.5) is 0 Å². The minimum absolute atomic E-state index is 0.486. The van der Waals surface area contributed by atoms with Crippen LogP contribution < -0.4 is 0 Å². The van der Waals surface area contributed by atoms with Crippen molar-refractivity contribution in [3.63, 3.8) is 0 Å². The molecule has 0 amide bonds. The number of aliphatic hydroxyl groups is 1. The van der Waals surface area contributed by atoms with Crippen LogP contribution in [0.15, 0.2) is 18.6 Å². The number of aliphatic hydroxyl groups excluding tert-OH is 1. The van der Waals surface area contributed by atoms with Crippen LogP contribution in [0.2, 0.25) is 5.02 Å². The molecular weight excluding hydrogens is 252 g/mol. The zero-order valence-electron chi connectivity index (χ0n) is 10.5. The highest BCUT2D eigenvalue weighted by Crippen LogP contribution is 2.28. The predicted molar refractivity (Wildman–Crippen MR) is 69.5 cm³/mol. The quantitative estimate of drug-likeness (QED) is 0.905. The fourth-order valence-electron chi connectivity index (χ4n) is 1.89. The molecule has 0 aliphatic carbocycles. The summed E-state index contributed by atoms with van der Waals surface area (Å²) in [5.74, 6) is 0. The maximum Gasteiger partial charge on any atom is 0.125 e. The first-order valence-electron chi connectivity index (χ1n) is 6.09. The Kier molecular flexibility index (Phi) is 4.04. The molecule has 2 aromatic rings. The number of hydrogen-bond acceptors (Lipinski definition) is 3. The second kappa shape index (κ2) is 5.54. The molecule has 5 nitrogen and oxygen atoms in total. The lowest BCUT2D eigenvalue weighted by atomic mass is 10.1. The molecule has 98 valence electrons. The summed E-state index contributed by atoms with van der Waals surface area (Å²) in [6.45, 7) is 5.56. The summed E-state index contributed by atoms with van der Waals surface area (Å²) in [6.07, 6.45) is 5.20. The number of rotatable bonds is 5. The Morgan fingerprint density at radius 1 is 1.33 bits per heavy atom.